The molecule has 32 heavy (non-hydrogen) atoms. The van der Waals surface area contributed by atoms with Crippen molar-refractivity contribution in [1.82, 2.24) is 15.0 Å². The van der Waals surface area contributed by atoms with E-state index in [1.165, 1.54) is 0 Å². The molecule has 4 rings (SSSR count). The molecule has 2 aromatic carbocycles. The van der Waals surface area contributed by atoms with Crippen LogP contribution in [0.15, 0.2) is 85.3 Å². The molecule has 0 spiro atoms. The van der Waals surface area contributed by atoms with Crippen molar-refractivity contribution >= 4 is 17.5 Å². The number of rotatable bonds is 9. The summed E-state index contributed by atoms with van der Waals surface area (Å²) < 4.78 is 11.0. The number of hydrogen-bond donors (Lipinski definition) is 1. The van der Waals surface area contributed by atoms with Crippen LogP contribution in [0.1, 0.15) is 0 Å². The van der Waals surface area contributed by atoms with Crippen LogP contribution in [0.3, 0.4) is 0 Å². The molecule has 0 aliphatic heterocycles. The number of nitrogens with one attached hydrogen (secondary N) is 1. The highest BCUT2D eigenvalue weighted by Crippen LogP contribution is 2.23. The lowest BCUT2D eigenvalue weighted by Gasteiger charge is -2.18. The highest BCUT2D eigenvalue weighted by Gasteiger charge is 2.04. The SMILES string of the molecule is COc1ccc(-c2cnc(Nc3ccc(OCCN(C)c4ccccn4)cc3)nc2)cc1. The molecule has 1 N–H and O–H groups in total. The van der Waals surface area contributed by atoms with E-state index in [0.29, 0.717) is 12.6 Å². The van der Waals surface area contributed by atoms with E-state index >= 15 is 0 Å². The van der Waals surface area contributed by atoms with Crippen molar-refractivity contribution in [2.24, 2.45) is 0 Å². The standard InChI is InChI=1S/C25H25N5O2/c1-30(24-5-3-4-14-26-24)15-16-32-23-12-8-21(9-13-23)29-25-27-17-20(18-28-25)19-6-10-22(31-2)11-7-19/h3-14,17-18H,15-16H2,1-2H3,(H,27,28,29). The minimum Gasteiger partial charge on any atom is -0.497 e. The van der Waals surface area contributed by atoms with Gasteiger partial charge in [0.25, 0.3) is 0 Å². The van der Waals surface area contributed by atoms with Crippen molar-refractivity contribution in [1.29, 1.82) is 0 Å². The average Bonchev–Trinajstić information content (AvgIpc) is 2.86. The first kappa shape index (κ1) is 21.1. The normalized spacial score (nSPS) is 10.4. The highest BCUT2D eigenvalue weighted by atomic mass is 16.5. The molecule has 2 aromatic heterocycles. The van der Waals surface area contributed by atoms with Gasteiger partial charge < -0.3 is 19.7 Å². The Bertz CT molecular complexity index is 1100. The van der Waals surface area contributed by atoms with Gasteiger partial charge in [-0.3, -0.25) is 0 Å². The number of aromatic nitrogens is 3. The van der Waals surface area contributed by atoms with Crippen LogP contribution < -0.4 is 19.7 Å². The van der Waals surface area contributed by atoms with Gasteiger partial charge in [-0.25, -0.2) is 15.0 Å². The van der Waals surface area contributed by atoms with Gasteiger partial charge in [0.2, 0.25) is 5.95 Å². The fraction of sp³-hybridized carbons (Fsp3) is 0.160. The first-order valence-corrected chi connectivity index (χ1v) is 10.3. The molecule has 0 saturated carbocycles. The Hall–Kier alpha value is -4.13. The smallest absolute Gasteiger partial charge is 0.227 e. The van der Waals surface area contributed by atoms with Gasteiger partial charge >= 0.3 is 0 Å². The van der Waals surface area contributed by atoms with Crippen molar-refractivity contribution in [2.45, 2.75) is 0 Å². The van der Waals surface area contributed by atoms with Crippen molar-refractivity contribution in [3.05, 3.63) is 85.3 Å². The molecule has 162 valence electrons. The summed E-state index contributed by atoms with van der Waals surface area (Å²) in [6.07, 6.45) is 5.38. The molecule has 0 atom stereocenters. The lowest BCUT2D eigenvalue weighted by Crippen LogP contribution is -2.24. The van der Waals surface area contributed by atoms with Crippen LogP contribution in [0.25, 0.3) is 11.1 Å². The third kappa shape index (κ3) is 5.51. The molecule has 0 saturated heterocycles. The van der Waals surface area contributed by atoms with Crippen molar-refractivity contribution in [3.63, 3.8) is 0 Å². The zero-order valence-electron chi connectivity index (χ0n) is 18.1. The van der Waals surface area contributed by atoms with Crippen LogP contribution in [-0.2, 0) is 0 Å². The molecule has 2 heterocycles. The molecule has 7 nitrogen and oxygen atoms in total. The van der Waals surface area contributed by atoms with E-state index in [9.17, 15) is 0 Å². The summed E-state index contributed by atoms with van der Waals surface area (Å²) in [6, 6.07) is 21.4. The topological polar surface area (TPSA) is 72.4 Å². The first-order valence-electron chi connectivity index (χ1n) is 10.3. The van der Waals surface area contributed by atoms with Gasteiger partial charge in [0, 0.05) is 36.9 Å². The monoisotopic (exact) mass is 427 g/mol. The first-order chi connectivity index (χ1) is 15.7. The number of likely N-dealkylation sites (N-methyl/N-ethyl adjacent to an activating group) is 1. The molecule has 0 radical (unpaired) electrons. The number of methoxy groups -OCH3 is 1. The minimum absolute atomic E-state index is 0.535. The molecule has 7 heteroatoms. The Morgan fingerprint density at radius 1 is 0.812 bits per heavy atom. The van der Waals surface area contributed by atoms with E-state index in [0.717, 1.165) is 40.7 Å². The van der Waals surface area contributed by atoms with Crippen molar-refractivity contribution in [3.8, 4) is 22.6 Å². The van der Waals surface area contributed by atoms with Crippen LogP contribution in [0, 0.1) is 0 Å². The second-order valence-corrected chi connectivity index (χ2v) is 7.13. The zero-order chi connectivity index (χ0) is 22.2. The summed E-state index contributed by atoms with van der Waals surface area (Å²) in [5.74, 6) is 3.09. The van der Waals surface area contributed by atoms with Crippen LogP contribution in [0.2, 0.25) is 0 Å². The van der Waals surface area contributed by atoms with Gasteiger partial charge in [0.05, 0.1) is 13.7 Å². The molecule has 0 aliphatic carbocycles. The second kappa shape index (κ2) is 10.3. The predicted molar refractivity (Wildman–Crippen MR) is 127 cm³/mol. The maximum Gasteiger partial charge on any atom is 0.227 e. The van der Waals surface area contributed by atoms with E-state index in [4.69, 9.17) is 9.47 Å². The summed E-state index contributed by atoms with van der Waals surface area (Å²) in [5, 5.41) is 3.21. The Labute approximate surface area is 187 Å². The largest absolute Gasteiger partial charge is 0.497 e. The quantitative estimate of drug-likeness (QED) is 0.411. The fourth-order valence-corrected chi connectivity index (χ4v) is 3.08. The number of hydrogen-bond acceptors (Lipinski definition) is 7. The van der Waals surface area contributed by atoms with Gasteiger partial charge in [-0.2, -0.15) is 0 Å². The van der Waals surface area contributed by atoms with E-state index < -0.39 is 0 Å². The molecular formula is C25H25N5O2. The zero-order valence-corrected chi connectivity index (χ0v) is 18.1. The lowest BCUT2D eigenvalue weighted by atomic mass is 10.1. The molecule has 0 aliphatic rings. The Morgan fingerprint density at radius 2 is 1.53 bits per heavy atom. The lowest BCUT2D eigenvalue weighted by molar-refractivity contribution is 0.325. The maximum absolute atomic E-state index is 5.85. The van der Waals surface area contributed by atoms with E-state index in [1.54, 1.807) is 25.7 Å². The number of benzene rings is 2. The summed E-state index contributed by atoms with van der Waals surface area (Å²) in [5.41, 5.74) is 2.87. The summed E-state index contributed by atoms with van der Waals surface area (Å²) in [6.45, 7) is 1.31. The highest BCUT2D eigenvalue weighted by molar-refractivity contribution is 5.63. The Morgan fingerprint density at radius 3 is 2.19 bits per heavy atom. The van der Waals surface area contributed by atoms with Gasteiger partial charge in [-0.05, 0) is 54.1 Å². The van der Waals surface area contributed by atoms with Crippen LogP contribution in [0.5, 0.6) is 11.5 Å². The third-order valence-electron chi connectivity index (χ3n) is 4.92. The van der Waals surface area contributed by atoms with Gasteiger partial charge in [-0.1, -0.05) is 18.2 Å². The second-order valence-electron chi connectivity index (χ2n) is 7.13. The Balaban J connectivity index is 1.28. The number of anilines is 3. The molecule has 0 amide bonds. The van der Waals surface area contributed by atoms with E-state index in [1.807, 2.05) is 73.8 Å². The predicted octanol–water partition coefficient (Wildman–Crippen LogP) is 4.81. The third-order valence-corrected chi connectivity index (χ3v) is 4.92. The van der Waals surface area contributed by atoms with Gasteiger partial charge in [-0.15, -0.1) is 0 Å². The van der Waals surface area contributed by atoms with Crippen LogP contribution >= 0.6 is 0 Å². The average molecular weight is 428 g/mol. The maximum atomic E-state index is 5.85. The van der Waals surface area contributed by atoms with Crippen LogP contribution in [0.4, 0.5) is 17.5 Å². The molecular weight excluding hydrogens is 402 g/mol. The molecule has 0 unspecified atom stereocenters. The van der Waals surface area contributed by atoms with Gasteiger partial charge in [0.1, 0.15) is 23.9 Å². The summed E-state index contributed by atoms with van der Waals surface area (Å²) >= 11 is 0. The summed E-state index contributed by atoms with van der Waals surface area (Å²) in [4.78, 5) is 15.2. The fourth-order valence-electron chi connectivity index (χ4n) is 3.08. The molecule has 0 fully saturated rings. The van der Waals surface area contributed by atoms with E-state index in [-0.39, 0.29) is 0 Å². The summed E-state index contributed by atoms with van der Waals surface area (Å²) in [7, 11) is 3.65. The molecule has 0 bridgehead atoms. The number of nitrogens with zero attached hydrogens (tertiary/aromatic N) is 4. The number of ether oxygens (including phenoxy) is 2. The number of pyridine rings is 1. The Kier molecular flexibility index (Phi) is 6.77. The van der Waals surface area contributed by atoms with Crippen molar-refractivity contribution in [2.75, 3.05) is 37.5 Å². The molecule has 4 aromatic rings. The van der Waals surface area contributed by atoms with E-state index in [2.05, 4.69) is 25.2 Å². The minimum atomic E-state index is 0.535. The van der Waals surface area contributed by atoms with Crippen LogP contribution in [-0.4, -0.2) is 42.3 Å². The van der Waals surface area contributed by atoms with Gasteiger partial charge in [0.15, 0.2) is 0 Å². The van der Waals surface area contributed by atoms with Crippen molar-refractivity contribution < 1.29 is 9.47 Å².